The molecule has 0 radical (unpaired) electrons. The molecule has 0 aliphatic carbocycles. The minimum Gasteiger partial charge on any atom is -0.363 e. The Balaban J connectivity index is 1.76. The van der Waals surface area contributed by atoms with Gasteiger partial charge in [-0.25, -0.2) is 4.98 Å². The van der Waals surface area contributed by atoms with Crippen molar-refractivity contribution >= 4 is 32.8 Å². The van der Waals surface area contributed by atoms with Crippen LogP contribution >= 0.6 is 15.9 Å². The van der Waals surface area contributed by atoms with Gasteiger partial charge in [-0.3, -0.25) is 9.67 Å². The van der Waals surface area contributed by atoms with Crippen molar-refractivity contribution in [2.24, 2.45) is 0 Å². The number of hydrogen-bond acceptors (Lipinski definition) is 4. The zero-order valence-electron chi connectivity index (χ0n) is 11.0. The van der Waals surface area contributed by atoms with Crippen LogP contribution < -0.4 is 5.32 Å². The second kappa shape index (κ2) is 5.58. The van der Waals surface area contributed by atoms with Gasteiger partial charge in [0.2, 0.25) is 0 Å². The van der Waals surface area contributed by atoms with Gasteiger partial charge in [-0.15, -0.1) is 0 Å². The number of halogens is 1. The Morgan fingerprint density at radius 1 is 1.25 bits per heavy atom. The summed E-state index contributed by atoms with van der Waals surface area (Å²) in [4.78, 5) is 8.92. The first kappa shape index (κ1) is 13.1. The van der Waals surface area contributed by atoms with Crippen LogP contribution in [0, 0.1) is 0 Å². The van der Waals surface area contributed by atoms with Crippen LogP contribution in [0.15, 0.2) is 41.1 Å². The van der Waals surface area contributed by atoms with Crippen molar-refractivity contribution in [3.8, 4) is 0 Å². The molecule has 1 N–H and O–H groups in total. The first-order chi connectivity index (χ1) is 9.74. The Bertz CT molecular complexity index is 737. The molecule has 5 nitrogen and oxygen atoms in total. The third-order valence-corrected chi connectivity index (χ3v) is 3.47. The number of aryl methyl sites for hydroxylation is 1. The van der Waals surface area contributed by atoms with Crippen molar-refractivity contribution in [2.45, 2.75) is 20.0 Å². The fourth-order valence-corrected chi connectivity index (χ4v) is 2.27. The molecule has 0 unspecified atom stereocenters. The lowest BCUT2D eigenvalue weighted by atomic mass is 10.3. The van der Waals surface area contributed by atoms with Crippen molar-refractivity contribution in [1.82, 2.24) is 19.7 Å². The highest BCUT2D eigenvalue weighted by atomic mass is 79.9. The van der Waals surface area contributed by atoms with E-state index in [-0.39, 0.29) is 0 Å². The summed E-state index contributed by atoms with van der Waals surface area (Å²) in [5.74, 6) is 0.752. The predicted octanol–water partition coefficient (Wildman–Crippen LogP) is 3.22. The molecule has 0 aliphatic heterocycles. The van der Waals surface area contributed by atoms with E-state index in [0.717, 1.165) is 33.6 Å². The van der Waals surface area contributed by atoms with Crippen molar-refractivity contribution in [1.29, 1.82) is 0 Å². The summed E-state index contributed by atoms with van der Waals surface area (Å²) in [6.07, 6.45) is 3.72. The molecule has 0 fully saturated rings. The Morgan fingerprint density at radius 3 is 2.95 bits per heavy atom. The third-order valence-electron chi connectivity index (χ3n) is 2.97. The average molecular weight is 332 g/mol. The maximum atomic E-state index is 4.54. The van der Waals surface area contributed by atoms with E-state index in [1.54, 1.807) is 6.20 Å². The minimum atomic E-state index is 0.640. The quantitative estimate of drug-likeness (QED) is 0.797. The summed E-state index contributed by atoms with van der Waals surface area (Å²) >= 11 is 3.44. The van der Waals surface area contributed by atoms with E-state index in [9.17, 15) is 0 Å². The molecule has 6 heteroatoms. The lowest BCUT2D eigenvalue weighted by Gasteiger charge is -2.05. The second-order valence-corrected chi connectivity index (χ2v) is 5.32. The first-order valence-corrected chi connectivity index (χ1v) is 7.22. The van der Waals surface area contributed by atoms with Crippen molar-refractivity contribution in [3.05, 3.63) is 46.8 Å². The Morgan fingerprint density at radius 2 is 2.15 bits per heavy atom. The SMILES string of the molecule is CCn1ccc(CNc2cnc3ccc(Br)cc3n2)n1. The van der Waals surface area contributed by atoms with E-state index >= 15 is 0 Å². The number of benzene rings is 1. The predicted molar refractivity (Wildman–Crippen MR) is 82.5 cm³/mol. The molecule has 0 saturated carbocycles. The smallest absolute Gasteiger partial charge is 0.145 e. The molecule has 3 aromatic rings. The van der Waals surface area contributed by atoms with Crippen molar-refractivity contribution in [3.63, 3.8) is 0 Å². The van der Waals surface area contributed by atoms with Crippen LogP contribution in [0.1, 0.15) is 12.6 Å². The zero-order valence-corrected chi connectivity index (χ0v) is 12.6. The van der Waals surface area contributed by atoms with E-state index in [2.05, 4.69) is 43.2 Å². The Hall–Kier alpha value is -1.95. The molecule has 0 aliphatic rings. The number of rotatable bonds is 4. The molecular formula is C14H14BrN5. The molecular weight excluding hydrogens is 318 g/mol. The van der Waals surface area contributed by atoms with E-state index in [1.165, 1.54) is 0 Å². The molecule has 0 saturated heterocycles. The van der Waals surface area contributed by atoms with Gasteiger partial charge < -0.3 is 5.32 Å². The summed E-state index contributed by atoms with van der Waals surface area (Å²) in [6, 6.07) is 7.86. The topological polar surface area (TPSA) is 55.6 Å². The van der Waals surface area contributed by atoms with E-state index in [4.69, 9.17) is 0 Å². The van der Waals surface area contributed by atoms with Gasteiger partial charge in [0, 0.05) is 17.2 Å². The number of hydrogen-bond donors (Lipinski definition) is 1. The lowest BCUT2D eigenvalue weighted by Crippen LogP contribution is -2.04. The number of fused-ring (bicyclic) bond motifs is 1. The molecule has 0 bridgehead atoms. The molecule has 0 spiro atoms. The van der Waals surface area contributed by atoms with Gasteiger partial charge in [-0.2, -0.15) is 5.10 Å². The number of nitrogens with zero attached hydrogens (tertiary/aromatic N) is 4. The number of anilines is 1. The van der Waals surface area contributed by atoms with Gasteiger partial charge in [0.05, 0.1) is 29.5 Å². The highest BCUT2D eigenvalue weighted by molar-refractivity contribution is 9.10. The van der Waals surface area contributed by atoms with Gasteiger partial charge >= 0.3 is 0 Å². The third kappa shape index (κ3) is 2.80. The van der Waals surface area contributed by atoms with Gasteiger partial charge in [0.15, 0.2) is 0 Å². The molecule has 20 heavy (non-hydrogen) atoms. The highest BCUT2D eigenvalue weighted by Crippen LogP contribution is 2.18. The van der Waals surface area contributed by atoms with Gasteiger partial charge in [-0.05, 0) is 31.2 Å². The average Bonchev–Trinajstić information content (AvgIpc) is 2.92. The largest absolute Gasteiger partial charge is 0.363 e. The fourth-order valence-electron chi connectivity index (χ4n) is 1.93. The maximum Gasteiger partial charge on any atom is 0.145 e. The molecule has 3 rings (SSSR count). The van der Waals surface area contributed by atoms with Crippen LogP contribution in [0.2, 0.25) is 0 Å². The molecule has 102 valence electrons. The van der Waals surface area contributed by atoms with Crippen LogP contribution in [-0.2, 0) is 13.1 Å². The van der Waals surface area contributed by atoms with Gasteiger partial charge in [0.25, 0.3) is 0 Å². The summed E-state index contributed by atoms with van der Waals surface area (Å²) in [7, 11) is 0. The van der Waals surface area contributed by atoms with Crippen LogP contribution in [0.5, 0.6) is 0 Å². The van der Waals surface area contributed by atoms with Crippen LogP contribution in [-0.4, -0.2) is 19.7 Å². The molecule has 2 heterocycles. The number of aromatic nitrogens is 4. The normalized spacial score (nSPS) is 10.9. The first-order valence-electron chi connectivity index (χ1n) is 6.43. The number of nitrogens with one attached hydrogen (secondary N) is 1. The lowest BCUT2D eigenvalue weighted by molar-refractivity contribution is 0.649. The van der Waals surface area contributed by atoms with E-state index in [0.29, 0.717) is 6.54 Å². The summed E-state index contributed by atoms with van der Waals surface area (Å²) in [5.41, 5.74) is 2.74. The summed E-state index contributed by atoms with van der Waals surface area (Å²) in [5, 5.41) is 7.66. The van der Waals surface area contributed by atoms with Crippen LogP contribution in [0.25, 0.3) is 11.0 Å². The fraction of sp³-hybridized carbons (Fsp3) is 0.214. The maximum absolute atomic E-state index is 4.54. The Kier molecular flexibility index (Phi) is 3.64. The summed E-state index contributed by atoms with van der Waals surface area (Å²) < 4.78 is 2.90. The standard InChI is InChI=1S/C14H14BrN5/c1-2-20-6-5-11(19-20)8-17-14-9-16-12-4-3-10(15)7-13(12)18-14/h3-7,9H,2,8H2,1H3,(H,17,18). The van der Waals surface area contributed by atoms with Gasteiger partial charge in [-0.1, -0.05) is 15.9 Å². The van der Waals surface area contributed by atoms with Crippen molar-refractivity contribution in [2.75, 3.05) is 5.32 Å². The highest BCUT2D eigenvalue weighted by Gasteiger charge is 2.02. The van der Waals surface area contributed by atoms with E-state index < -0.39 is 0 Å². The van der Waals surface area contributed by atoms with Gasteiger partial charge in [0.1, 0.15) is 5.82 Å². The summed E-state index contributed by atoms with van der Waals surface area (Å²) in [6.45, 7) is 3.59. The Labute approximate surface area is 125 Å². The monoisotopic (exact) mass is 331 g/mol. The molecule has 0 atom stereocenters. The van der Waals surface area contributed by atoms with Crippen LogP contribution in [0.4, 0.5) is 5.82 Å². The minimum absolute atomic E-state index is 0.640. The second-order valence-electron chi connectivity index (χ2n) is 4.40. The molecule has 0 amide bonds. The zero-order chi connectivity index (χ0) is 13.9. The van der Waals surface area contributed by atoms with Crippen molar-refractivity contribution < 1.29 is 0 Å². The van der Waals surface area contributed by atoms with E-state index in [1.807, 2.05) is 35.1 Å². The molecule has 2 aromatic heterocycles. The van der Waals surface area contributed by atoms with Crippen LogP contribution in [0.3, 0.4) is 0 Å². The molecule has 1 aromatic carbocycles.